The molecule has 0 spiro atoms. The minimum Gasteiger partial charge on any atom is -0.380 e. The lowest BCUT2D eigenvalue weighted by Crippen LogP contribution is -2.01. The lowest BCUT2D eigenvalue weighted by molar-refractivity contribution is -0.385. The molecule has 0 aliphatic heterocycles. The summed E-state index contributed by atoms with van der Waals surface area (Å²) in [6.07, 6.45) is 0. The SMILES string of the molecule is Cc1ccc(NCc2cc(Br)cc([N+](=O)[O-])c2)c(Br)c1. The monoisotopic (exact) mass is 398 g/mol. The zero-order valence-corrected chi connectivity index (χ0v) is 13.9. The van der Waals surface area contributed by atoms with Crippen molar-refractivity contribution in [3.05, 3.63) is 66.6 Å². The number of aryl methyl sites for hydroxylation is 1. The highest BCUT2D eigenvalue weighted by Gasteiger charge is 2.09. The van der Waals surface area contributed by atoms with E-state index in [9.17, 15) is 10.1 Å². The molecule has 6 heteroatoms. The van der Waals surface area contributed by atoms with E-state index in [2.05, 4.69) is 37.2 Å². The fourth-order valence-corrected chi connectivity index (χ4v) is 2.96. The van der Waals surface area contributed by atoms with Crippen LogP contribution in [0.15, 0.2) is 45.3 Å². The molecule has 1 N–H and O–H groups in total. The Morgan fingerprint density at radius 1 is 1.20 bits per heavy atom. The van der Waals surface area contributed by atoms with E-state index in [0.717, 1.165) is 15.7 Å². The average molecular weight is 400 g/mol. The first-order valence-electron chi connectivity index (χ1n) is 5.89. The molecule has 20 heavy (non-hydrogen) atoms. The van der Waals surface area contributed by atoms with Crippen molar-refractivity contribution >= 4 is 43.2 Å². The molecule has 4 nitrogen and oxygen atoms in total. The van der Waals surface area contributed by atoms with E-state index in [1.165, 1.54) is 11.6 Å². The van der Waals surface area contributed by atoms with Gasteiger partial charge in [-0.05, 0) is 52.2 Å². The molecule has 0 unspecified atom stereocenters. The molecule has 0 saturated heterocycles. The summed E-state index contributed by atoms with van der Waals surface area (Å²) in [4.78, 5) is 10.4. The number of nitro benzene ring substituents is 1. The first kappa shape index (κ1) is 15.0. The van der Waals surface area contributed by atoms with E-state index in [0.29, 0.717) is 11.0 Å². The standard InChI is InChI=1S/C14H12Br2N2O2/c1-9-2-3-14(13(16)4-9)17-8-10-5-11(15)7-12(6-10)18(19)20/h2-7,17H,8H2,1H3. The summed E-state index contributed by atoms with van der Waals surface area (Å²) in [6.45, 7) is 2.54. The van der Waals surface area contributed by atoms with Crippen LogP contribution in [0, 0.1) is 17.0 Å². The molecule has 0 radical (unpaired) electrons. The Balaban J connectivity index is 2.16. The van der Waals surface area contributed by atoms with Crippen LogP contribution in [0.25, 0.3) is 0 Å². The second-order valence-corrected chi connectivity index (χ2v) is 6.18. The van der Waals surface area contributed by atoms with Gasteiger partial charge in [-0.15, -0.1) is 0 Å². The van der Waals surface area contributed by atoms with Gasteiger partial charge in [0.15, 0.2) is 0 Å². The summed E-state index contributed by atoms with van der Waals surface area (Å²) in [7, 11) is 0. The van der Waals surface area contributed by atoms with Crippen LogP contribution in [-0.4, -0.2) is 4.92 Å². The third-order valence-electron chi connectivity index (χ3n) is 2.76. The van der Waals surface area contributed by atoms with E-state index in [1.807, 2.05) is 31.2 Å². The minimum atomic E-state index is -0.393. The van der Waals surface area contributed by atoms with Gasteiger partial charge in [0.1, 0.15) is 0 Å². The molecule has 0 aliphatic carbocycles. The van der Waals surface area contributed by atoms with E-state index >= 15 is 0 Å². The lowest BCUT2D eigenvalue weighted by atomic mass is 10.2. The van der Waals surface area contributed by atoms with E-state index in [4.69, 9.17) is 0 Å². The highest BCUT2D eigenvalue weighted by molar-refractivity contribution is 9.10. The number of anilines is 1. The highest BCUT2D eigenvalue weighted by atomic mass is 79.9. The van der Waals surface area contributed by atoms with Crippen molar-refractivity contribution in [2.75, 3.05) is 5.32 Å². The largest absolute Gasteiger partial charge is 0.380 e. The summed E-state index contributed by atoms with van der Waals surface area (Å²) < 4.78 is 1.67. The topological polar surface area (TPSA) is 55.2 Å². The molecule has 0 bridgehead atoms. The van der Waals surface area contributed by atoms with Gasteiger partial charge >= 0.3 is 0 Å². The summed E-state index contributed by atoms with van der Waals surface area (Å²) in [5.74, 6) is 0. The number of halogens is 2. The van der Waals surface area contributed by atoms with Gasteiger partial charge in [-0.1, -0.05) is 22.0 Å². The Morgan fingerprint density at radius 3 is 2.60 bits per heavy atom. The molecular weight excluding hydrogens is 388 g/mol. The maximum Gasteiger partial charge on any atom is 0.270 e. The minimum absolute atomic E-state index is 0.0825. The molecule has 0 fully saturated rings. The van der Waals surface area contributed by atoms with Crippen LogP contribution < -0.4 is 5.32 Å². The average Bonchev–Trinajstić information content (AvgIpc) is 2.37. The van der Waals surface area contributed by atoms with Crippen molar-refractivity contribution in [2.45, 2.75) is 13.5 Å². The normalized spacial score (nSPS) is 10.3. The highest BCUT2D eigenvalue weighted by Crippen LogP contribution is 2.25. The Bertz CT molecular complexity index is 660. The molecule has 104 valence electrons. The Kier molecular flexibility index (Phi) is 4.77. The summed E-state index contributed by atoms with van der Waals surface area (Å²) in [6, 6.07) is 10.9. The van der Waals surface area contributed by atoms with Crippen molar-refractivity contribution in [2.24, 2.45) is 0 Å². The van der Waals surface area contributed by atoms with Crippen LogP contribution in [-0.2, 0) is 6.54 Å². The number of nitrogens with zero attached hydrogens (tertiary/aromatic N) is 1. The molecule has 2 aromatic carbocycles. The molecule has 2 aromatic rings. The van der Waals surface area contributed by atoms with Gasteiger partial charge in [-0.25, -0.2) is 0 Å². The van der Waals surface area contributed by atoms with Crippen LogP contribution in [0.5, 0.6) is 0 Å². The van der Waals surface area contributed by atoms with Gasteiger partial charge in [0.05, 0.1) is 4.92 Å². The van der Waals surface area contributed by atoms with Gasteiger partial charge < -0.3 is 5.32 Å². The number of hydrogen-bond donors (Lipinski definition) is 1. The molecule has 2 rings (SSSR count). The number of nitrogens with one attached hydrogen (secondary N) is 1. The zero-order chi connectivity index (χ0) is 14.7. The summed E-state index contributed by atoms with van der Waals surface area (Å²) in [5.41, 5.74) is 3.05. The second-order valence-electron chi connectivity index (χ2n) is 4.41. The number of rotatable bonds is 4. The van der Waals surface area contributed by atoms with Crippen molar-refractivity contribution in [3.63, 3.8) is 0 Å². The molecule has 0 atom stereocenters. The Morgan fingerprint density at radius 2 is 1.95 bits per heavy atom. The van der Waals surface area contributed by atoms with Crippen molar-refractivity contribution < 1.29 is 4.92 Å². The molecular formula is C14H12Br2N2O2. The predicted molar refractivity (Wildman–Crippen MR) is 87.0 cm³/mol. The van der Waals surface area contributed by atoms with Crippen LogP contribution in [0.2, 0.25) is 0 Å². The molecule has 0 aromatic heterocycles. The number of nitro groups is 1. The first-order chi connectivity index (χ1) is 9.45. The maximum absolute atomic E-state index is 10.8. The van der Waals surface area contributed by atoms with Gasteiger partial charge in [0, 0.05) is 33.3 Å². The van der Waals surface area contributed by atoms with E-state index < -0.39 is 4.92 Å². The van der Waals surface area contributed by atoms with Crippen LogP contribution in [0.3, 0.4) is 0 Å². The van der Waals surface area contributed by atoms with Crippen molar-refractivity contribution in [3.8, 4) is 0 Å². The van der Waals surface area contributed by atoms with Gasteiger partial charge in [-0.2, -0.15) is 0 Å². The molecule has 0 aliphatic rings. The fraction of sp³-hybridized carbons (Fsp3) is 0.143. The number of hydrogen-bond acceptors (Lipinski definition) is 3. The van der Waals surface area contributed by atoms with Crippen molar-refractivity contribution in [1.82, 2.24) is 0 Å². The first-order valence-corrected chi connectivity index (χ1v) is 7.48. The molecule has 0 saturated carbocycles. The Labute approximate surface area is 133 Å². The lowest BCUT2D eigenvalue weighted by Gasteiger charge is -2.09. The van der Waals surface area contributed by atoms with Gasteiger partial charge in [-0.3, -0.25) is 10.1 Å². The van der Waals surface area contributed by atoms with Gasteiger partial charge in [0.25, 0.3) is 5.69 Å². The number of benzene rings is 2. The summed E-state index contributed by atoms with van der Waals surface area (Å²) in [5, 5.41) is 14.1. The van der Waals surface area contributed by atoms with Crippen LogP contribution >= 0.6 is 31.9 Å². The quantitative estimate of drug-likeness (QED) is 0.578. The zero-order valence-electron chi connectivity index (χ0n) is 10.7. The Hall–Kier alpha value is -1.40. The number of non-ortho nitro benzene ring substituents is 1. The van der Waals surface area contributed by atoms with Gasteiger partial charge in [0.2, 0.25) is 0 Å². The van der Waals surface area contributed by atoms with E-state index in [-0.39, 0.29) is 5.69 Å². The molecule has 0 heterocycles. The smallest absolute Gasteiger partial charge is 0.270 e. The second kappa shape index (κ2) is 6.37. The summed E-state index contributed by atoms with van der Waals surface area (Å²) >= 11 is 6.78. The predicted octanol–water partition coefficient (Wildman–Crippen LogP) is 5.04. The fourth-order valence-electron chi connectivity index (χ4n) is 1.80. The molecule has 0 amide bonds. The third kappa shape index (κ3) is 3.80. The third-order valence-corrected chi connectivity index (χ3v) is 3.87. The van der Waals surface area contributed by atoms with Crippen LogP contribution in [0.1, 0.15) is 11.1 Å². The maximum atomic E-state index is 10.8. The van der Waals surface area contributed by atoms with Crippen molar-refractivity contribution in [1.29, 1.82) is 0 Å². The van der Waals surface area contributed by atoms with E-state index in [1.54, 1.807) is 6.07 Å². The van der Waals surface area contributed by atoms with Crippen LogP contribution in [0.4, 0.5) is 11.4 Å².